The zero-order valence-electron chi connectivity index (χ0n) is 15.3. The highest BCUT2D eigenvalue weighted by atomic mass is 32.2. The van der Waals surface area contributed by atoms with Crippen LogP contribution in [0.4, 0.5) is 5.69 Å². The highest BCUT2D eigenvalue weighted by molar-refractivity contribution is 8.19. The Bertz CT molecular complexity index is 952. The Hall–Kier alpha value is -2.73. The molecule has 2 aromatic rings. The first kappa shape index (κ1) is 17.7. The van der Waals surface area contributed by atoms with Crippen molar-refractivity contribution in [2.45, 2.75) is 13.8 Å². The molecule has 0 saturated carbocycles. The number of amidine groups is 1. The summed E-state index contributed by atoms with van der Waals surface area (Å²) in [5, 5.41) is 0.709. The molecule has 2 aliphatic rings. The fourth-order valence-corrected chi connectivity index (χ4v) is 4.08. The van der Waals surface area contributed by atoms with Gasteiger partial charge in [-0.1, -0.05) is 24.3 Å². The highest BCUT2D eigenvalue weighted by Crippen LogP contribution is 2.38. The molecule has 2 heterocycles. The van der Waals surface area contributed by atoms with Crippen molar-refractivity contribution in [1.82, 2.24) is 0 Å². The van der Waals surface area contributed by atoms with Gasteiger partial charge in [0.15, 0.2) is 16.7 Å². The number of hydrogen-bond donors (Lipinski definition) is 0. The molecule has 0 aliphatic carbocycles. The predicted octanol–water partition coefficient (Wildman–Crippen LogP) is 4.26. The molecule has 2 aromatic carbocycles. The summed E-state index contributed by atoms with van der Waals surface area (Å²) in [6, 6.07) is 13.6. The minimum atomic E-state index is -0.0589. The summed E-state index contributed by atoms with van der Waals surface area (Å²) in [5.41, 5.74) is 2.81. The van der Waals surface area contributed by atoms with Crippen molar-refractivity contribution in [1.29, 1.82) is 0 Å². The molecule has 0 bridgehead atoms. The number of benzene rings is 2. The van der Waals surface area contributed by atoms with Gasteiger partial charge in [0.1, 0.15) is 13.2 Å². The molecule has 6 heteroatoms. The predicted molar refractivity (Wildman–Crippen MR) is 110 cm³/mol. The molecule has 2 aliphatic heterocycles. The molecule has 0 N–H and O–H groups in total. The van der Waals surface area contributed by atoms with Crippen LogP contribution in [0, 0.1) is 6.92 Å². The van der Waals surface area contributed by atoms with E-state index in [-0.39, 0.29) is 5.91 Å². The molecular weight excluding hydrogens is 360 g/mol. The molecule has 5 nitrogen and oxygen atoms in total. The Morgan fingerprint density at radius 1 is 1.15 bits per heavy atom. The molecule has 27 heavy (non-hydrogen) atoms. The zero-order chi connectivity index (χ0) is 18.8. The van der Waals surface area contributed by atoms with Crippen molar-refractivity contribution in [3.05, 3.63) is 58.5 Å². The van der Waals surface area contributed by atoms with E-state index in [0.29, 0.717) is 35.6 Å². The van der Waals surface area contributed by atoms with Crippen LogP contribution in [0.5, 0.6) is 11.5 Å². The second-order valence-electron chi connectivity index (χ2n) is 6.20. The Labute approximate surface area is 162 Å². The van der Waals surface area contributed by atoms with Crippen LogP contribution >= 0.6 is 11.8 Å². The van der Waals surface area contributed by atoms with Crippen LogP contribution in [0.2, 0.25) is 0 Å². The summed E-state index contributed by atoms with van der Waals surface area (Å²) in [6.07, 6.45) is 1.88. The molecule has 138 valence electrons. The number of aliphatic imine (C=N–C) groups is 1. The van der Waals surface area contributed by atoms with Crippen LogP contribution in [-0.4, -0.2) is 30.8 Å². The van der Waals surface area contributed by atoms with E-state index in [1.54, 1.807) is 4.90 Å². The van der Waals surface area contributed by atoms with Gasteiger partial charge in [-0.2, -0.15) is 0 Å². The van der Waals surface area contributed by atoms with Crippen LogP contribution in [-0.2, 0) is 4.79 Å². The summed E-state index contributed by atoms with van der Waals surface area (Å²) in [6.45, 7) is 5.68. The lowest BCUT2D eigenvalue weighted by Crippen LogP contribution is -2.29. The minimum absolute atomic E-state index is 0.0589. The number of amides is 1. The number of fused-ring (bicyclic) bond motifs is 1. The van der Waals surface area contributed by atoms with Gasteiger partial charge in [-0.05, 0) is 61.0 Å². The first-order chi connectivity index (χ1) is 13.2. The third kappa shape index (κ3) is 3.45. The Kier molecular flexibility index (Phi) is 4.90. The van der Waals surface area contributed by atoms with E-state index in [9.17, 15) is 4.79 Å². The number of carbonyl (C=O) groups is 1. The second kappa shape index (κ2) is 7.48. The van der Waals surface area contributed by atoms with Crippen molar-refractivity contribution in [3.8, 4) is 11.5 Å². The average Bonchev–Trinajstić information content (AvgIpc) is 2.97. The van der Waals surface area contributed by atoms with Crippen LogP contribution in [0.25, 0.3) is 6.08 Å². The van der Waals surface area contributed by atoms with Gasteiger partial charge in [0.05, 0.1) is 10.6 Å². The van der Waals surface area contributed by atoms with Gasteiger partial charge < -0.3 is 9.47 Å². The van der Waals surface area contributed by atoms with Crippen molar-refractivity contribution < 1.29 is 14.3 Å². The summed E-state index contributed by atoms with van der Waals surface area (Å²) in [5.74, 6) is 1.39. The maximum Gasteiger partial charge on any atom is 0.271 e. The van der Waals surface area contributed by atoms with Gasteiger partial charge in [-0.3, -0.25) is 14.7 Å². The Morgan fingerprint density at radius 2 is 1.93 bits per heavy atom. The largest absolute Gasteiger partial charge is 0.486 e. The average molecular weight is 380 g/mol. The molecule has 1 fully saturated rings. The topological polar surface area (TPSA) is 51.1 Å². The summed E-state index contributed by atoms with van der Waals surface area (Å²) >= 11 is 1.40. The monoisotopic (exact) mass is 380 g/mol. The summed E-state index contributed by atoms with van der Waals surface area (Å²) in [4.78, 5) is 20.0. The third-order valence-corrected chi connectivity index (χ3v) is 5.33. The van der Waals surface area contributed by atoms with Gasteiger partial charge in [-0.25, -0.2) is 0 Å². The number of hydrogen-bond acceptors (Lipinski definition) is 5. The van der Waals surface area contributed by atoms with Gasteiger partial charge >= 0.3 is 0 Å². The van der Waals surface area contributed by atoms with Crippen molar-refractivity contribution >= 4 is 34.6 Å². The first-order valence-electron chi connectivity index (χ1n) is 8.91. The Morgan fingerprint density at radius 3 is 2.70 bits per heavy atom. The molecule has 0 unspecified atom stereocenters. The number of ether oxygens (including phenoxy) is 2. The minimum Gasteiger partial charge on any atom is -0.486 e. The van der Waals surface area contributed by atoms with Crippen LogP contribution in [0.1, 0.15) is 18.1 Å². The zero-order valence-corrected chi connectivity index (χ0v) is 16.1. The maximum atomic E-state index is 13.1. The molecule has 0 atom stereocenters. The van der Waals surface area contributed by atoms with E-state index in [4.69, 9.17) is 9.47 Å². The quantitative estimate of drug-likeness (QED) is 0.747. The van der Waals surface area contributed by atoms with Crippen molar-refractivity contribution in [3.63, 3.8) is 0 Å². The molecule has 0 aromatic heterocycles. The fourth-order valence-electron chi connectivity index (χ4n) is 3.04. The first-order valence-corrected chi connectivity index (χ1v) is 9.72. The van der Waals surface area contributed by atoms with E-state index < -0.39 is 0 Å². The van der Waals surface area contributed by atoms with E-state index in [1.807, 2.05) is 62.4 Å². The summed E-state index contributed by atoms with van der Waals surface area (Å²) in [7, 11) is 0. The number of carbonyl (C=O) groups excluding carboxylic acids is 1. The molecule has 0 spiro atoms. The number of aryl methyl sites for hydroxylation is 1. The molecule has 4 rings (SSSR count). The lowest BCUT2D eigenvalue weighted by Gasteiger charge is -2.18. The van der Waals surface area contributed by atoms with E-state index in [0.717, 1.165) is 22.6 Å². The molecule has 0 radical (unpaired) electrons. The standard InChI is InChI=1S/C21H20N2O3S/c1-3-22-21-23(16-7-5-4-6-14(16)2)20(24)19(27-21)13-15-8-9-17-18(12-15)26-11-10-25-17/h4-9,12-13H,3,10-11H2,1-2H3/b19-13-,22-21?. The normalized spacial score (nSPS) is 19.2. The number of thioether (sulfide) groups is 1. The van der Waals surface area contributed by atoms with Crippen LogP contribution in [0.15, 0.2) is 52.4 Å². The van der Waals surface area contributed by atoms with Crippen LogP contribution in [0.3, 0.4) is 0 Å². The van der Waals surface area contributed by atoms with Gasteiger partial charge in [0, 0.05) is 6.54 Å². The molecular formula is C21H20N2O3S. The number of nitrogens with zero attached hydrogens (tertiary/aromatic N) is 2. The number of para-hydroxylation sites is 1. The van der Waals surface area contributed by atoms with Crippen molar-refractivity contribution in [2.24, 2.45) is 4.99 Å². The van der Waals surface area contributed by atoms with Gasteiger partial charge in [0.25, 0.3) is 5.91 Å². The summed E-state index contributed by atoms with van der Waals surface area (Å²) < 4.78 is 11.2. The molecule has 1 saturated heterocycles. The SMILES string of the molecule is CCN=C1S/C(=C\c2ccc3c(c2)OCCO3)C(=O)N1c1ccccc1C. The maximum absolute atomic E-state index is 13.1. The van der Waals surface area contributed by atoms with E-state index >= 15 is 0 Å². The highest BCUT2D eigenvalue weighted by Gasteiger charge is 2.35. The fraction of sp³-hybridized carbons (Fsp3) is 0.238. The van der Waals surface area contributed by atoms with E-state index in [2.05, 4.69) is 4.99 Å². The number of anilines is 1. The van der Waals surface area contributed by atoms with E-state index in [1.165, 1.54) is 11.8 Å². The third-order valence-electron chi connectivity index (χ3n) is 4.32. The lowest BCUT2D eigenvalue weighted by atomic mass is 10.1. The van der Waals surface area contributed by atoms with Crippen molar-refractivity contribution in [2.75, 3.05) is 24.7 Å². The second-order valence-corrected chi connectivity index (χ2v) is 7.21. The Balaban J connectivity index is 1.70. The lowest BCUT2D eigenvalue weighted by molar-refractivity contribution is -0.113. The smallest absolute Gasteiger partial charge is 0.271 e. The van der Waals surface area contributed by atoms with Gasteiger partial charge in [-0.15, -0.1) is 0 Å². The van der Waals surface area contributed by atoms with Gasteiger partial charge in [0.2, 0.25) is 0 Å². The number of rotatable bonds is 3. The molecule has 1 amide bonds. The van der Waals surface area contributed by atoms with Crippen LogP contribution < -0.4 is 14.4 Å².